The zero-order chi connectivity index (χ0) is 10.1. The summed E-state index contributed by atoms with van der Waals surface area (Å²) < 4.78 is 0. The highest BCUT2D eigenvalue weighted by atomic mass is 35.5. The van der Waals surface area contributed by atoms with Crippen LogP contribution in [0.15, 0.2) is 24.4 Å². The second kappa shape index (κ2) is 3.56. The molecule has 0 unspecified atom stereocenters. The summed E-state index contributed by atoms with van der Waals surface area (Å²) in [5.74, 6) is 0. The molecule has 0 saturated heterocycles. The Hall–Kier alpha value is -1.12. The number of nitrogens with zero attached hydrogens (tertiary/aromatic N) is 1. The fraction of sp³-hybridized carbons (Fsp3) is 0.182. The van der Waals surface area contributed by atoms with Gasteiger partial charge in [0.1, 0.15) is 0 Å². The Morgan fingerprint density at radius 2 is 2.21 bits per heavy atom. The first kappa shape index (κ1) is 9.44. The Labute approximate surface area is 87.2 Å². The summed E-state index contributed by atoms with van der Waals surface area (Å²) in [5, 5.41) is 10.6. The predicted molar refractivity (Wildman–Crippen MR) is 57.4 cm³/mol. The molecule has 0 saturated carbocycles. The van der Waals surface area contributed by atoms with E-state index in [1.807, 2.05) is 25.1 Å². The Bertz CT molecular complexity index is 477. The number of halogens is 1. The smallest absolute Gasteiger partial charge is 0.0706 e. The number of pyridine rings is 1. The van der Waals surface area contributed by atoms with Crippen molar-refractivity contribution in [2.75, 3.05) is 0 Å². The molecule has 1 aromatic carbocycles. The minimum Gasteiger partial charge on any atom is -0.392 e. The molecule has 3 heteroatoms. The standard InChI is InChI=1S/C11H10ClNO/c1-7-2-3-11-8(4-7)9(6-14)10(12)5-13-11/h2-5,14H,6H2,1H3. The van der Waals surface area contributed by atoms with Crippen LogP contribution >= 0.6 is 11.6 Å². The number of benzene rings is 1. The van der Waals surface area contributed by atoms with Gasteiger partial charge in [0, 0.05) is 17.1 Å². The number of rotatable bonds is 1. The second-order valence-electron chi connectivity index (χ2n) is 3.26. The lowest BCUT2D eigenvalue weighted by atomic mass is 10.1. The van der Waals surface area contributed by atoms with E-state index in [9.17, 15) is 5.11 Å². The lowest BCUT2D eigenvalue weighted by molar-refractivity contribution is 0.283. The fourth-order valence-corrected chi connectivity index (χ4v) is 1.71. The van der Waals surface area contributed by atoms with E-state index in [-0.39, 0.29) is 6.61 Å². The van der Waals surface area contributed by atoms with Crippen molar-refractivity contribution in [1.82, 2.24) is 4.98 Å². The van der Waals surface area contributed by atoms with Crippen LogP contribution in [0.4, 0.5) is 0 Å². The molecular weight excluding hydrogens is 198 g/mol. The van der Waals surface area contributed by atoms with E-state index in [0.29, 0.717) is 5.02 Å². The van der Waals surface area contributed by atoms with E-state index in [0.717, 1.165) is 22.0 Å². The Kier molecular flexibility index (Phi) is 2.40. The summed E-state index contributed by atoms with van der Waals surface area (Å²) in [7, 11) is 0. The van der Waals surface area contributed by atoms with Crippen molar-refractivity contribution in [2.45, 2.75) is 13.5 Å². The molecule has 0 aliphatic carbocycles. The Morgan fingerprint density at radius 1 is 1.43 bits per heavy atom. The maximum absolute atomic E-state index is 9.20. The lowest BCUT2D eigenvalue weighted by Gasteiger charge is -2.05. The van der Waals surface area contributed by atoms with E-state index in [1.54, 1.807) is 6.20 Å². The molecule has 0 fully saturated rings. The molecule has 1 aromatic heterocycles. The topological polar surface area (TPSA) is 33.1 Å². The number of aliphatic hydroxyl groups excluding tert-OH is 1. The van der Waals surface area contributed by atoms with E-state index < -0.39 is 0 Å². The third kappa shape index (κ3) is 1.47. The number of hydrogen-bond acceptors (Lipinski definition) is 2. The quantitative estimate of drug-likeness (QED) is 0.780. The van der Waals surface area contributed by atoms with Gasteiger partial charge < -0.3 is 5.11 Å². The number of aliphatic hydroxyl groups is 1. The van der Waals surface area contributed by atoms with E-state index in [1.165, 1.54) is 0 Å². The van der Waals surface area contributed by atoms with Gasteiger partial charge in [-0.15, -0.1) is 0 Å². The summed E-state index contributed by atoms with van der Waals surface area (Å²) in [5.41, 5.74) is 2.75. The summed E-state index contributed by atoms with van der Waals surface area (Å²) in [6.45, 7) is 1.95. The molecule has 0 aliphatic heterocycles. The highest BCUT2D eigenvalue weighted by Crippen LogP contribution is 2.24. The normalized spacial score (nSPS) is 10.8. The van der Waals surface area contributed by atoms with E-state index >= 15 is 0 Å². The van der Waals surface area contributed by atoms with Crippen LogP contribution in [0.1, 0.15) is 11.1 Å². The zero-order valence-corrected chi connectivity index (χ0v) is 8.54. The lowest BCUT2D eigenvalue weighted by Crippen LogP contribution is -1.90. The molecule has 14 heavy (non-hydrogen) atoms. The fourth-order valence-electron chi connectivity index (χ4n) is 1.50. The van der Waals surface area contributed by atoms with Crippen LogP contribution in [0.5, 0.6) is 0 Å². The predicted octanol–water partition coefficient (Wildman–Crippen LogP) is 2.69. The van der Waals surface area contributed by atoms with Gasteiger partial charge in [-0.05, 0) is 19.1 Å². The van der Waals surface area contributed by atoms with Crippen LogP contribution in [-0.4, -0.2) is 10.1 Å². The highest BCUT2D eigenvalue weighted by molar-refractivity contribution is 6.32. The number of aromatic nitrogens is 1. The van der Waals surface area contributed by atoms with Crippen molar-refractivity contribution in [2.24, 2.45) is 0 Å². The van der Waals surface area contributed by atoms with Crippen LogP contribution in [0, 0.1) is 6.92 Å². The maximum atomic E-state index is 9.20. The van der Waals surface area contributed by atoms with Crippen molar-refractivity contribution < 1.29 is 5.11 Å². The van der Waals surface area contributed by atoms with Crippen molar-refractivity contribution in [3.63, 3.8) is 0 Å². The molecule has 72 valence electrons. The van der Waals surface area contributed by atoms with E-state index in [4.69, 9.17) is 11.6 Å². The molecule has 0 aliphatic rings. The van der Waals surface area contributed by atoms with Gasteiger partial charge in [-0.25, -0.2) is 0 Å². The van der Waals surface area contributed by atoms with Crippen LogP contribution in [-0.2, 0) is 6.61 Å². The first-order valence-electron chi connectivity index (χ1n) is 4.37. The molecule has 0 atom stereocenters. The van der Waals surface area contributed by atoms with Crippen LogP contribution in [0.2, 0.25) is 5.02 Å². The second-order valence-corrected chi connectivity index (χ2v) is 3.67. The zero-order valence-electron chi connectivity index (χ0n) is 7.79. The summed E-state index contributed by atoms with van der Waals surface area (Å²) >= 11 is 5.93. The molecule has 1 heterocycles. The number of fused-ring (bicyclic) bond motifs is 1. The minimum absolute atomic E-state index is 0.0543. The van der Waals surface area contributed by atoms with Crippen molar-refractivity contribution in [3.05, 3.63) is 40.5 Å². The van der Waals surface area contributed by atoms with Gasteiger partial charge in [-0.2, -0.15) is 0 Å². The summed E-state index contributed by atoms with van der Waals surface area (Å²) in [6, 6.07) is 5.91. The van der Waals surface area contributed by atoms with Crippen LogP contribution in [0.3, 0.4) is 0 Å². The molecule has 0 bridgehead atoms. The number of aryl methyl sites for hydroxylation is 1. The van der Waals surface area contributed by atoms with Gasteiger partial charge in [0.15, 0.2) is 0 Å². The Morgan fingerprint density at radius 3 is 2.93 bits per heavy atom. The monoisotopic (exact) mass is 207 g/mol. The van der Waals surface area contributed by atoms with Gasteiger partial charge in [0.05, 0.1) is 17.1 Å². The van der Waals surface area contributed by atoms with Crippen LogP contribution in [0.25, 0.3) is 10.9 Å². The van der Waals surface area contributed by atoms with Gasteiger partial charge in [0.25, 0.3) is 0 Å². The molecule has 0 radical (unpaired) electrons. The average molecular weight is 208 g/mol. The highest BCUT2D eigenvalue weighted by Gasteiger charge is 2.05. The third-order valence-electron chi connectivity index (χ3n) is 2.24. The maximum Gasteiger partial charge on any atom is 0.0706 e. The van der Waals surface area contributed by atoms with E-state index in [2.05, 4.69) is 4.98 Å². The molecule has 0 amide bonds. The average Bonchev–Trinajstić information content (AvgIpc) is 2.17. The van der Waals surface area contributed by atoms with Gasteiger partial charge >= 0.3 is 0 Å². The molecule has 1 N–H and O–H groups in total. The third-order valence-corrected chi connectivity index (χ3v) is 2.57. The largest absolute Gasteiger partial charge is 0.392 e. The molecule has 2 nitrogen and oxygen atoms in total. The minimum atomic E-state index is -0.0543. The van der Waals surface area contributed by atoms with Crippen molar-refractivity contribution >= 4 is 22.5 Å². The van der Waals surface area contributed by atoms with Crippen molar-refractivity contribution in [3.8, 4) is 0 Å². The van der Waals surface area contributed by atoms with Crippen molar-refractivity contribution in [1.29, 1.82) is 0 Å². The molecule has 0 spiro atoms. The summed E-state index contributed by atoms with van der Waals surface area (Å²) in [4.78, 5) is 4.19. The number of hydrogen-bond donors (Lipinski definition) is 1. The van der Waals surface area contributed by atoms with Gasteiger partial charge in [0.2, 0.25) is 0 Å². The molecular formula is C11H10ClNO. The van der Waals surface area contributed by atoms with Gasteiger partial charge in [-0.3, -0.25) is 4.98 Å². The van der Waals surface area contributed by atoms with Crippen LogP contribution < -0.4 is 0 Å². The Balaban J connectivity index is 2.84. The first-order valence-corrected chi connectivity index (χ1v) is 4.75. The van der Waals surface area contributed by atoms with Gasteiger partial charge in [-0.1, -0.05) is 23.2 Å². The SMILES string of the molecule is Cc1ccc2ncc(Cl)c(CO)c2c1. The summed E-state index contributed by atoms with van der Waals surface area (Å²) in [6.07, 6.45) is 1.57. The molecule has 2 rings (SSSR count). The first-order chi connectivity index (χ1) is 6.72. The molecule has 2 aromatic rings.